The van der Waals surface area contributed by atoms with Crippen LogP contribution in [0.4, 0.5) is 5.82 Å². The molecule has 0 spiro atoms. The highest BCUT2D eigenvalue weighted by atomic mass is 16.5. The lowest BCUT2D eigenvalue weighted by molar-refractivity contribution is -0.117. The van der Waals surface area contributed by atoms with Crippen LogP contribution in [0.25, 0.3) is 0 Å². The van der Waals surface area contributed by atoms with E-state index in [2.05, 4.69) is 20.7 Å². The molecule has 0 atom stereocenters. The zero-order valence-electron chi connectivity index (χ0n) is 10.0. The van der Waals surface area contributed by atoms with Crippen LogP contribution in [0.1, 0.15) is 12.2 Å². The van der Waals surface area contributed by atoms with Crippen LogP contribution in [-0.2, 0) is 4.79 Å². The van der Waals surface area contributed by atoms with E-state index in [-0.39, 0.29) is 5.91 Å². The minimum Gasteiger partial charge on any atom is -0.360 e. The molecule has 0 saturated carbocycles. The van der Waals surface area contributed by atoms with E-state index < -0.39 is 0 Å². The Balaban J connectivity index is 1.80. The molecule has 17 heavy (non-hydrogen) atoms. The number of nitrogens with zero attached hydrogens (tertiary/aromatic N) is 2. The first-order valence-corrected chi connectivity index (χ1v) is 5.90. The Morgan fingerprint density at radius 3 is 3.24 bits per heavy atom. The third-order valence-corrected chi connectivity index (χ3v) is 2.70. The van der Waals surface area contributed by atoms with Gasteiger partial charge in [0.2, 0.25) is 5.91 Å². The van der Waals surface area contributed by atoms with E-state index in [0.717, 1.165) is 32.6 Å². The molecule has 2 heterocycles. The van der Waals surface area contributed by atoms with Gasteiger partial charge in [0.05, 0.1) is 6.54 Å². The molecule has 2 rings (SSSR count). The molecule has 1 amide bonds. The van der Waals surface area contributed by atoms with Crippen molar-refractivity contribution >= 4 is 11.7 Å². The monoisotopic (exact) mass is 238 g/mol. The minimum absolute atomic E-state index is 0.0415. The van der Waals surface area contributed by atoms with Gasteiger partial charge in [-0.05, 0) is 26.4 Å². The Morgan fingerprint density at radius 1 is 1.59 bits per heavy atom. The number of carbonyl (C=O) groups is 1. The maximum atomic E-state index is 11.7. The molecule has 1 aromatic rings. The summed E-state index contributed by atoms with van der Waals surface area (Å²) in [4.78, 5) is 13.9. The van der Waals surface area contributed by atoms with Gasteiger partial charge in [-0.25, -0.2) is 0 Å². The number of hydrogen-bond acceptors (Lipinski definition) is 5. The zero-order valence-corrected chi connectivity index (χ0v) is 10.0. The number of aryl methyl sites for hydroxylation is 1. The summed E-state index contributed by atoms with van der Waals surface area (Å²) in [6.45, 7) is 6.04. The van der Waals surface area contributed by atoms with Gasteiger partial charge in [-0.1, -0.05) is 5.16 Å². The summed E-state index contributed by atoms with van der Waals surface area (Å²) in [6, 6.07) is 1.71. The van der Waals surface area contributed by atoms with Crippen molar-refractivity contribution in [2.75, 3.05) is 38.0 Å². The summed E-state index contributed by atoms with van der Waals surface area (Å²) in [5, 5.41) is 9.76. The van der Waals surface area contributed by atoms with Crippen molar-refractivity contribution in [2.24, 2.45) is 0 Å². The molecule has 1 aliphatic rings. The molecule has 2 N–H and O–H groups in total. The number of amides is 1. The van der Waals surface area contributed by atoms with Crippen LogP contribution < -0.4 is 10.6 Å². The molecule has 0 aliphatic carbocycles. The number of aromatic nitrogens is 1. The van der Waals surface area contributed by atoms with Gasteiger partial charge >= 0.3 is 0 Å². The molecule has 1 saturated heterocycles. The Bertz CT molecular complexity index is 369. The van der Waals surface area contributed by atoms with E-state index in [0.29, 0.717) is 18.1 Å². The van der Waals surface area contributed by atoms with Gasteiger partial charge in [-0.3, -0.25) is 9.69 Å². The van der Waals surface area contributed by atoms with Crippen molar-refractivity contribution < 1.29 is 9.32 Å². The van der Waals surface area contributed by atoms with Crippen LogP contribution in [0.2, 0.25) is 0 Å². The Morgan fingerprint density at radius 2 is 2.47 bits per heavy atom. The third-order valence-electron chi connectivity index (χ3n) is 2.70. The van der Waals surface area contributed by atoms with Crippen molar-refractivity contribution in [1.82, 2.24) is 15.4 Å². The van der Waals surface area contributed by atoms with Gasteiger partial charge in [0.1, 0.15) is 5.76 Å². The third kappa shape index (κ3) is 3.83. The maximum Gasteiger partial charge on any atom is 0.239 e. The highest BCUT2D eigenvalue weighted by molar-refractivity contribution is 5.91. The fraction of sp³-hybridized carbons (Fsp3) is 0.636. The lowest BCUT2D eigenvalue weighted by Gasteiger charge is -2.17. The average Bonchev–Trinajstić information content (AvgIpc) is 2.53. The van der Waals surface area contributed by atoms with Crippen molar-refractivity contribution in [3.63, 3.8) is 0 Å². The van der Waals surface area contributed by atoms with Gasteiger partial charge in [0, 0.05) is 19.2 Å². The largest absolute Gasteiger partial charge is 0.360 e. The summed E-state index contributed by atoms with van der Waals surface area (Å²) in [7, 11) is 0. The molecule has 6 nitrogen and oxygen atoms in total. The highest BCUT2D eigenvalue weighted by Crippen LogP contribution is 2.07. The molecule has 1 aliphatic heterocycles. The molecule has 0 unspecified atom stereocenters. The summed E-state index contributed by atoms with van der Waals surface area (Å²) in [6.07, 6.45) is 1.08. The average molecular weight is 238 g/mol. The maximum absolute atomic E-state index is 11.7. The lowest BCUT2D eigenvalue weighted by Crippen LogP contribution is -2.35. The molecule has 0 bridgehead atoms. The van der Waals surface area contributed by atoms with Gasteiger partial charge in [0.15, 0.2) is 5.82 Å². The van der Waals surface area contributed by atoms with Crippen molar-refractivity contribution in [2.45, 2.75) is 13.3 Å². The van der Waals surface area contributed by atoms with Crippen LogP contribution >= 0.6 is 0 Å². The second-order valence-electron chi connectivity index (χ2n) is 4.25. The van der Waals surface area contributed by atoms with Gasteiger partial charge in [-0.15, -0.1) is 0 Å². The quantitative estimate of drug-likeness (QED) is 0.788. The number of hydrogen-bond donors (Lipinski definition) is 2. The van der Waals surface area contributed by atoms with Crippen LogP contribution in [-0.4, -0.2) is 48.7 Å². The van der Waals surface area contributed by atoms with Crippen molar-refractivity contribution in [3.8, 4) is 0 Å². The standard InChI is InChI=1S/C11H18N4O2/c1-9-7-10(14-17-9)13-11(16)8-15-5-2-3-12-4-6-15/h7,12H,2-6,8H2,1H3,(H,13,14,16). The first-order valence-electron chi connectivity index (χ1n) is 5.90. The van der Waals surface area contributed by atoms with E-state index in [1.807, 2.05) is 0 Å². The Labute approximate surface area is 100 Å². The molecule has 1 aromatic heterocycles. The summed E-state index contributed by atoms with van der Waals surface area (Å²) >= 11 is 0. The number of carbonyl (C=O) groups excluding carboxylic acids is 1. The molecular formula is C11H18N4O2. The summed E-state index contributed by atoms with van der Waals surface area (Å²) in [5.74, 6) is 1.14. The van der Waals surface area contributed by atoms with Gasteiger partial charge in [-0.2, -0.15) is 0 Å². The first-order chi connectivity index (χ1) is 8.24. The molecule has 0 radical (unpaired) electrons. The fourth-order valence-electron chi connectivity index (χ4n) is 1.87. The van der Waals surface area contributed by atoms with Gasteiger partial charge in [0.25, 0.3) is 0 Å². The van der Waals surface area contributed by atoms with E-state index >= 15 is 0 Å². The molecule has 94 valence electrons. The lowest BCUT2D eigenvalue weighted by atomic mass is 10.4. The number of anilines is 1. The number of rotatable bonds is 3. The molecule has 6 heteroatoms. The fourth-order valence-corrected chi connectivity index (χ4v) is 1.87. The topological polar surface area (TPSA) is 70.4 Å². The van der Waals surface area contributed by atoms with Crippen molar-refractivity contribution in [3.05, 3.63) is 11.8 Å². The summed E-state index contributed by atoms with van der Waals surface area (Å²) < 4.78 is 4.89. The minimum atomic E-state index is -0.0415. The predicted octanol–water partition coefficient (Wildman–Crippen LogP) is 0.217. The van der Waals surface area contributed by atoms with Crippen LogP contribution in [0.15, 0.2) is 10.6 Å². The van der Waals surface area contributed by atoms with E-state index in [1.54, 1.807) is 13.0 Å². The first kappa shape index (κ1) is 12.1. The molecule has 1 fully saturated rings. The Hall–Kier alpha value is -1.40. The normalized spacial score (nSPS) is 17.7. The second-order valence-corrected chi connectivity index (χ2v) is 4.25. The van der Waals surface area contributed by atoms with Gasteiger partial charge < -0.3 is 15.2 Å². The smallest absolute Gasteiger partial charge is 0.239 e. The van der Waals surface area contributed by atoms with Crippen LogP contribution in [0.3, 0.4) is 0 Å². The SMILES string of the molecule is Cc1cc(NC(=O)CN2CCCNCC2)no1. The molecular weight excluding hydrogens is 220 g/mol. The van der Waals surface area contributed by atoms with E-state index in [4.69, 9.17) is 4.52 Å². The zero-order chi connectivity index (χ0) is 12.1. The van der Waals surface area contributed by atoms with Crippen molar-refractivity contribution in [1.29, 1.82) is 0 Å². The Kier molecular flexibility index (Phi) is 4.11. The number of nitrogens with one attached hydrogen (secondary N) is 2. The van der Waals surface area contributed by atoms with Crippen LogP contribution in [0.5, 0.6) is 0 Å². The highest BCUT2D eigenvalue weighted by Gasteiger charge is 2.13. The van der Waals surface area contributed by atoms with Crippen LogP contribution in [0, 0.1) is 6.92 Å². The molecule has 0 aromatic carbocycles. The van der Waals surface area contributed by atoms with E-state index in [1.165, 1.54) is 0 Å². The summed E-state index contributed by atoms with van der Waals surface area (Å²) in [5.41, 5.74) is 0. The second kappa shape index (κ2) is 5.79. The van der Waals surface area contributed by atoms with E-state index in [9.17, 15) is 4.79 Å². The predicted molar refractivity (Wildman–Crippen MR) is 63.8 cm³/mol.